The number of halogens is 1. The highest BCUT2D eigenvalue weighted by Crippen LogP contribution is 2.42. The highest BCUT2D eigenvalue weighted by Gasteiger charge is 2.34. The highest BCUT2D eigenvalue weighted by atomic mass is 19.1. The van der Waals surface area contributed by atoms with Gasteiger partial charge in [0.05, 0.1) is 30.4 Å². The summed E-state index contributed by atoms with van der Waals surface area (Å²) in [7, 11) is 0. The Labute approximate surface area is 174 Å². The molecule has 0 bridgehead atoms. The van der Waals surface area contributed by atoms with Gasteiger partial charge in [0.2, 0.25) is 0 Å². The summed E-state index contributed by atoms with van der Waals surface area (Å²) >= 11 is 0. The molecule has 2 aromatic carbocycles. The number of aliphatic hydroxyl groups is 1. The van der Waals surface area contributed by atoms with Gasteiger partial charge in [-0.25, -0.2) is 9.37 Å². The summed E-state index contributed by atoms with van der Waals surface area (Å²) in [4.78, 5) is 18.7. The molecule has 30 heavy (non-hydrogen) atoms. The van der Waals surface area contributed by atoms with Crippen LogP contribution >= 0.6 is 0 Å². The topological polar surface area (TPSA) is 58.4 Å². The summed E-state index contributed by atoms with van der Waals surface area (Å²) in [6.45, 7) is 1.21. The van der Waals surface area contributed by atoms with Gasteiger partial charge in [-0.15, -0.1) is 0 Å². The van der Waals surface area contributed by atoms with Crippen LogP contribution in [-0.4, -0.2) is 44.7 Å². The Bertz CT molecular complexity index is 1050. The molecule has 1 saturated heterocycles. The van der Waals surface area contributed by atoms with E-state index >= 15 is 0 Å². The lowest BCUT2D eigenvalue weighted by Crippen LogP contribution is -2.41. The number of nitrogens with zero attached hydrogens (tertiary/aromatic N) is 3. The molecule has 1 amide bonds. The van der Waals surface area contributed by atoms with E-state index in [-0.39, 0.29) is 23.7 Å². The Hall–Kier alpha value is -2.99. The van der Waals surface area contributed by atoms with Gasteiger partial charge in [0.25, 0.3) is 5.91 Å². The van der Waals surface area contributed by atoms with Gasteiger partial charge in [0.15, 0.2) is 0 Å². The zero-order valence-electron chi connectivity index (χ0n) is 16.6. The zero-order valence-corrected chi connectivity index (χ0v) is 16.6. The molecule has 0 saturated carbocycles. The third-order valence-electron chi connectivity index (χ3n) is 6.52. The number of aromatic nitrogens is 2. The maximum atomic E-state index is 13.1. The number of imidazole rings is 1. The van der Waals surface area contributed by atoms with Crippen LogP contribution in [-0.2, 0) is 0 Å². The Morgan fingerprint density at radius 1 is 1.13 bits per heavy atom. The number of hydrogen-bond acceptors (Lipinski definition) is 3. The molecule has 0 aliphatic carbocycles. The minimum Gasteiger partial charge on any atom is -0.393 e. The minimum absolute atomic E-state index is 0.0734. The molecule has 0 spiro atoms. The van der Waals surface area contributed by atoms with Crippen molar-refractivity contribution in [3.05, 3.63) is 78.0 Å². The Balaban J connectivity index is 1.23. The van der Waals surface area contributed by atoms with Crippen LogP contribution in [0.3, 0.4) is 0 Å². The van der Waals surface area contributed by atoms with Crippen molar-refractivity contribution in [3.8, 4) is 11.3 Å². The molecular weight excluding hydrogens is 381 g/mol. The van der Waals surface area contributed by atoms with Crippen molar-refractivity contribution in [2.75, 3.05) is 13.1 Å². The molecule has 2 atom stereocenters. The second-order valence-corrected chi connectivity index (χ2v) is 8.23. The van der Waals surface area contributed by atoms with Crippen LogP contribution in [0, 0.1) is 11.7 Å². The van der Waals surface area contributed by atoms with Crippen molar-refractivity contribution in [1.82, 2.24) is 14.5 Å². The highest BCUT2D eigenvalue weighted by molar-refractivity contribution is 5.94. The number of aliphatic hydroxyl groups excluding tert-OH is 1. The number of rotatable bonds is 4. The smallest absolute Gasteiger partial charge is 0.253 e. The fraction of sp³-hybridized carbons (Fsp3) is 0.333. The average molecular weight is 405 g/mol. The maximum absolute atomic E-state index is 13.1. The molecule has 0 radical (unpaired) electrons. The number of amides is 1. The van der Waals surface area contributed by atoms with Gasteiger partial charge < -0.3 is 14.6 Å². The zero-order chi connectivity index (χ0) is 20.7. The van der Waals surface area contributed by atoms with E-state index in [1.165, 1.54) is 35.4 Å². The first-order valence-corrected chi connectivity index (χ1v) is 10.5. The lowest BCUT2D eigenvalue weighted by molar-refractivity contribution is 0.0396. The fourth-order valence-electron chi connectivity index (χ4n) is 4.86. The molecule has 5 rings (SSSR count). The third-order valence-corrected chi connectivity index (χ3v) is 6.52. The number of likely N-dealkylation sites (tertiary alicyclic amines) is 1. The van der Waals surface area contributed by atoms with Crippen LogP contribution in [0.2, 0.25) is 0 Å². The standard InChI is InChI=1S/C24H24FN3O2/c25-18-7-5-17(6-8-18)24(30)27-11-9-16(10-12-27)23(29)13-21-19-3-1-2-4-20(19)22-14-26-15-28(21)22/h1-8,14-16,21,23,29H,9-13H2. The van der Waals surface area contributed by atoms with Crippen molar-refractivity contribution in [3.63, 3.8) is 0 Å². The monoisotopic (exact) mass is 405 g/mol. The van der Waals surface area contributed by atoms with Gasteiger partial charge in [-0.1, -0.05) is 24.3 Å². The molecular formula is C24H24FN3O2. The van der Waals surface area contributed by atoms with Crippen LogP contribution in [0.25, 0.3) is 11.3 Å². The van der Waals surface area contributed by atoms with Crippen LogP contribution in [0.4, 0.5) is 4.39 Å². The summed E-state index contributed by atoms with van der Waals surface area (Å²) < 4.78 is 15.3. The molecule has 5 nitrogen and oxygen atoms in total. The molecule has 6 heteroatoms. The first-order valence-electron chi connectivity index (χ1n) is 10.5. The van der Waals surface area contributed by atoms with Gasteiger partial charge in [-0.2, -0.15) is 0 Å². The van der Waals surface area contributed by atoms with Gasteiger partial charge in [0, 0.05) is 24.2 Å². The Morgan fingerprint density at radius 3 is 2.63 bits per heavy atom. The van der Waals surface area contributed by atoms with Gasteiger partial charge >= 0.3 is 0 Å². The number of fused-ring (bicyclic) bond motifs is 3. The van der Waals surface area contributed by atoms with Crippen molar-refractivity contribution in [2.45, 2.75) is 31.4 Å². The van der Waals surface area contributed by atoms with Gasteiger partial charge in [-0.05, 0) is 55.0 Å². The summed E-state index contributed by atoms with van der Waals surface area (Å²) in [6, 6.07) is 14.1. The lowest BCUT2D eigenvalue weighted by Gasteiger charge is -2.35. The van der Waals surface area contributed by atoms with Crippen molar-refractivity contribution in [2.24, 2.45) is 5.92 Å². The van der Waals surface area contributed by atoms with Crippen LogP contribution in [0.5, 0.6) is 0 Å². The Morgan fingerprint density at radius 2 is 1.87 bits per heavy atom. The molecule has 1 N–H and O–H groups in total. The largest absolute Gasteiger partial charge is 0.393 e. The summed E-state index contributed by atoms with van der Waals surface area (Å²) in [5.74, 6) is -0.263. The predicted octanol–water partition coefficient (Wildman–Crippen LogP) is 3.90. The van der Waals surface area contributed by atoms with Crippen molar-refractivity contribution in [1.29, 1.82) is 0 Å². The maximum Gasteiger partial charge on any atom is 0.253 e. The van der Waals surface area contributed by atoms with Gasteiger partial charge in [-0.3, -0.25) is 4.79 Å². The first-order chi connectivity index (χ1) is 14.6. The number of carbonyl (C=O) groups is 1. The van der Waals surface area contributed by atoms with E-state index < -0.39 is 6.10 Å². The quantitative estimate of drug-likeness (QED) is 0.716. The fourth-order valence-corrected chi connectivity index (χ4v) is 4.86. The molecule has 2 unspecified atom stereocenters. The molecule has 2 aliphatic rings. The van der Waals surface area contributed by atoms with E-state index in [4.69, 9.17) is 0 Å². The van der Waals surface area contributed by atoms with E-state index in [0.29, 0.717) is 25.1 Å². The molecule has 1 fully saturated rings. The van der Waals surface area contributed by atoms with E-state index in [9.17, 15) is 14.3 Å². The minimum atomic E-state index is -0.445. The van der Waals surface area contributed by atoms with Crippen molar-refractivity contribution < 1.29 is 14.3 Å². The third kappa shape index (κ3) is 3.31. The lowest BCUT2D eigenvalue weighted by atomic mass is 9.86. The average Bonchev–Trinajstić information content (AvgIpc) is 3.37. The number of benzene rings is 2. The summed E-state index contributed by atoms with van der Waals surface area (Å²) in [5, 5.41) is 11.0. The van der Waals surface area contributed by atoms with Crippen LogP contribution in [0.15, 0.2) is 61.1 Å². The van der Waals surface area contributed by atoms with E-state index in [0.717, 1.165) is 18.5 Å². The number of piperidine rings is 1. The van der Waals surface area contributed by atoms with Gasteiger partial charge in [0.1, 0.15) is 5.82 Å². The molecule has 3 heterocycles. The predicted molar refractivity (Wildman–Crippen MR) is 111 cm³/mol. The molecule has 2 aliphatic heterocycles. The summed E-state index contributed by atoms with van der Waals surface area (Å²) in [6.07, 6.45) is 5.44. The first kappa shape index (κ1) is 19.0. The molecule has 154 valence electrons. The second kappa shape index (κ2) is 7.69. The van der Waals surface area contributed by atoms with E-state index in [1.807, 2.05) is 24.7 Å². The Kier molecular flexibility index (Phi) is 4.87. The normalized spacial score (nSPS) is 19.4. The van der Waals surface area contributed by atoms with E-state index in [2.05, 4.69) is 21.7 Å². The summed E-state index contributed by atoms with van der Waals surface area (Å²) in [5.41, 5.74) is 4.03. The molecule has 3 aromatic rings. The van der Waals surface area contributed by atoms with Crippen LogP contribution in [0.1, 0.15) is 41.2 Å². The van der Waals surface area contributed by atoms with E-state index in [1.54, 1.807) is 4.90 Å². The molecule has 1 aromatic heterocycles. The van der Waals surface area contributed by atoms with Crippen molar-refractivity contribution >= 4 is 5.91 Å². The second-order valence-electron chi connectivity index (χ2n) is 8.23. The van der Waals surface area contributed by atoms with Crippen LogP contribution < -0.4 is 0 Å². The number of hydrogen-bond donors (Lipinski definition) is 1. The number of carbonyl (C=O) groups excluding carboxylic acids is 1. The SMILES string of the molecule is O=C(c1ccc(F)cc1)N1CCC(C(O)CC2c3ccccc3-c3cncn32)CC1.